The first-order valence-electron chi connectivity index (χ1n) is 6.30. The van der Waals surface area contributed by atoms with Crippen molar-refractivity contribution in [3.8, 4) is 5.75 Å². The van der Waals surface area contributed by atoms with Gasteiger partial charge in [-0.15, -0.1) is 0 Å². The molecule has 1 aromatic carbocycles. The standard InChI is InChI=1S/C14H20N2O4/c1-11(16-18)9-12-3-5-13(6-4-12)20-10-14(17)15-7-8-19-2/h3-6,18H,7-10H2,1-2H3,(H,15,17)/b16-11+. The van der Waals surface area contributed by atoms with Crippen LogP contribution >= 0.6 is 0 Å². The second kappa shape index (κ2) is 8.92. The Morgan fingerprint density at radius 2 is 2.05 bits per heavy atom. The molecule has 1 aromatic rings. The third-order valence-corrected chi connectivity index (χ3v) is 2.55. The lowest BCUT2D eigenvalue weighted by atomic mass is 10.1. The van der Waals surface area contributed by atoms with Crippen LogP contribution in [0.2, 0.25) is 0 Å². The summed E-state index contributed by atoms with van der Waals surface area (Å²) in [6, 6.07) is 7.30. The molecule has 0 atom stereocenters. The molecule has 0 unspecified atom stereocenters. The van der Waals surface area contributed by atoms with Gasteiger partial charge in [0.1, 0.15) is 5.75 Å². The Hall–Kier alpha value is -2.08. The van der Waals surface area contributed by atoms with Crippen molar-refractivity contribution < 1.29 is 19.5 Å². The molecule has 6 nitrogen and oxygen atoms in total. The van der Waals surface area contributed by atoms with E-state index in [0.29, 0.717) is 31.0 Å². The van der Waals surface area contributed by atoms with Crippen LogP contribution in [0.3, 0.4) is 0 Å². The van der Waals surface area contributed by atoms with E-state index in [4.69, 9.17) is 14.7 Å². The number of carbonyl (C=O) groups is 1. The zero-order valence-electron chi connectivity index (χ0n) is 11.8. The smallest absolute Gasteiger partial charge is 0.258 e. The highest BCUT2D eigenvalue weighted by Crippen LogP contribution is 2.12. The van der Waals surface area contributed by atoms with E-state index in [9.17, 15) is 4.79 Å². The lowest BCUT2D eigenvalue weighted by Gasteiger charge is -2.08. The number of benzene rings is 1. The fourth-order valence-electron chi connectivity index (χ4n) is 1.53. The molecule has 0 aromatic heterocycles. The van der Waals surface area contributed by atoms with Crippen LogP contribution in [0.5, 0.6) is 5.75 Å². The molecule has 0 heterocycles. The molecule has 2 N–H and O–H groups in total. The average molecular weight is 280 g/mol. The van der Waals surface area contributed by atoms with Gasteiger partial charge in [0.25, 0.3) is 5.91 Å². The maximum atomic E-state index is 11.4. The Kier molecular flexibility index (Phi) is 7.13. The predicted molar refractivity (Wildman–Crippen MR) is 75.4 cm³/mol. The molecule has 0 spiro atoms. The topological polar surface area (TPSA) is 80.2 Å². The average Bonchev–Trinajstić information content (AvgIpc) is 2.46. The highest BCUT2D eigenvalue weighted by atomic mass is 16.5. The number of hydrogen-bond donors (Lipinski definition) is 2. The highest BCUT2D eigenvalue weighted by molar-refractivity contribution is 5.83. The summed E-state index contributed by atoms with van der Waals surface area (Å²) in [6.45, 7) is 2.67. The van der Waals surface area contributed by atoms with Gasteiger partial charge >= 0.3 is 0 Å². The monoisotopic (exact) mass is 280 g/mol. The summed E-state index contributed by atoms with van der Waals surface area (Å²) in [6.07, 6.45) is 0.578. The first-order valence-corrected chi connectivity index (χ1v) is 6.30. The maximum Gasteiger partial charge on any atom is 0.258 e. The molecule has 0 aliphatic rings. The van der Waals surface area contributed by atoms with Gasteiger partial charge in [-0.05, 0) is 24.6 Å². The molecule has 0 saturated heterocycles. The second-order valence-electron chi connectivity index (χ2n) is 4.29. The number of nitrogens with zero attached hydrogens (tertiary/aromatic N) is 1. The fourth-order valence-corrected chi connectivity index (χ4v) is 1.53. The van der Waals surface area contributed by atoms with Gasteiger partial charge in [0, 0.05) is 20.1 Å². The molecule has 110 valence electrons. The van der Waals surface area contributed by atoms with Crippen LogP contribution in [0.15, 0.2) is 29.4 Å². The molecule has 0 fully saturated rings. The number of methoxy groups -OCH3 is 1. The number of nitrogens with one attached hydrogen (secondary N) is 1. The molecule has 6 heteroatoms. The molecule has 0 bridgehead atoms. The van der Waals surface area contributed by atoms with Gasteiger partial charge < -0.3 is 20.0 Å². The minimum Gasteiger partial charge on any atom is -0.484 e. The van der Waals surface area contributed by atoms with Crippen molar-refractivity contribution >= 4 is 11.6 Å². The van der Waals surface area contributed by atoms with Crippen LogP contribution in [0.25, 0.3) is 0 Å². The van der Waals surface area contributed by atoms with Gasteiger partial charge in [-0.25, -0.2) is 0 Å². The van der Waals surface area contributed by atoms with Crippen molar-refractivity contribution in [1.82, 2.24) is 5.32 Å². The lowest BCUT2D eigenvalue weighted by molar-refractivity contribution is -0.123. The van der Waals surface area contributed by atoms with E-state index in [0.717, 1.165) is 5.56 Å². The molecule has 0 saturated carbocycles. The summed E-state index contributed by atoms with van der Waals surface area (Å²) in [5, 5.41) is 14.4. The molecule has 1 rings (SSSR count). The van der Waals surface area contributed by atoms with E-state index in [2.05, 4.69) is 10.5 Å². The van der Waals surface area contributed by atoms with Crippen LogP contribution in [-0.2, 0) is 16.0 Å². The molecular weight excluding hydrogens is 260 g/mol. The molecule has 0 aliphatic heterocycles. The third kappa shape index (κ3) is 6.19. The predicted octanol–water partition coefficient (Wildman–Crippen LogP) is 1.22. The molecule has 0 aliphatic carbocycles. The summed E-state index contributed by atoms with van der Waals surface area (Å²) in [7, 11) is 1.58. The number of carbonyl (C=O) groups excluding carboxylic acids is 1. The van der Waals surface area contributed by atoms with E-state index < -0.39 is 0 Å². The normalized spacial score (nSPS) is 11.2. The van der Waals surface area contributed by atoms with E-state index in [1.807, 2.05) is 12.1 Å². The summed E-state index contributed by atoms with van der Waals surface area (Å²) >= 11 is 0. The van der Waals surface area contributed by atoms with Crippen LogP contribution in [-0.4, -0.2) is 43.7 Å². The number of amides is 1. The minimum absolute atomic E-state index is 0.0276. The van der Waals surface area contributed by atoms with Gasteiger partial charge in [0.2, 0.25) is 0 Å². The van der Waals surface area contributed by atoms with E-state index in [1.165, 1.54) is 0 Å². The van der Waals surface area contributed by atoms with E-state index in [1.54, 1.807) is 26.2 Å². The first-order chi connectivity index (χ1) is 9.65. The highest BCUT2D eigenvalue weighted by Gasteiger charge is 2.02. The second-order valence-corrected chi connectivity index (χ2v) is 4.29. The number of oxime groups is 1. The van der Waals surface area contributed by atoms with Crippen molar-refractivity contribution in [2.75, 3.05) is 26.9 Å². The summed E-state index contributed by atoms with van der Waals surface area (Å²) in [5.74, 6) is 0.434. The summed E-state index contributed by atoms with van der Waals surface area (Å²) < 4.78 is 10.2. The fraction of sp³-hybridized carbons (Fsp3) is 0.429. The molecular formula is C14H20N2O4. The zero-order valence-corrected chi connectivity index (χ0v) is 11.8. The van der Waals surface area contributed by atoms with E-state index in [-0.39, 0.29) is 12.5 Å². The largest absolute Gasteiger partial charge is 0.484 e. The van der Waals surface area contributed by atoms with Crippen LogP contribution in [0, 0.1) is 0 Å². The Bertz CT molecular complexity index is 443. The molecule has 1 amide bonds. The van der Waals surface area contributed by atoms with Gasteiger partial charge in [-0.3, -0.25) is 4.79 Å². The maximum absolute atomic E-state index is 11.4. The van der Waals surface area contributed by atoms with Gasteiger partial charge in [0.05, 0.1) is 12.3 Å². The Labute approximate surface area is 118 Å². The van der Waals surface area contributed by atoms with Crippen LogP contribution < -0.4 is 10.1 Å². The van der Waals surface area contributed by atoms with Crippen molar-refractivity contribution in [2.24, 2.45) is 5.16 Å². The van der Waals surface area contributed by atoms with Gasteiger partial charge in [-0.2, -0.15) is 0 Å². The lowest BCUT2D eigenvalue weighted by Crippen LogP contribution is -2.31. The Balaban J connectivity index is 2.36. The quantitative estimate of drug-likeness (QED) is 0.325. The Morgan fingerprint density at radius 1 is 1.35 bits per heavy atom. The Morgan fingerprint density at radius 3 is 2.65 bits per heavy atom. The van der Waals surface area contributed by atoms with E-state index >= 15 is 0 Å². The van der Waals surface area contributed by atoms with Crippen LogP contribution in [0.4, 0.5) is 0 Å². The zero-order chi connectivity index (χ0) is 14.8. The molecule has 0 radical (unpaired) electrons. The van der Waals surface area contributed by atoms with Gasteiger partial charge in [-0.1, -0.05) is 17.3 Å². The molecule has 20 heavy (non-hydrogen) atoms. The van der Waals surface area contributed by atoms with Crippen molar-refractivity contribution in [1.29, 1.82) is 0 Å². The van der Waals surface area contributed by atoms with Gasteiger partial charge in [0.15, 0.2) is 6.61 Å². The number of ether oxygens (including phenoxy) is 2. The van der Waals surface area contributed by atoms with Crippen molar-refractivity contribution in [2.45, 2.75) is 13.3 Å². The summed E-state index contributed by atoms with van der Waals surface area (Å²) in [4.78, 5) is 11.4. The minimum atomic E-state index is -0.186. The van der Waals surface area contributed by atoms with Crippen molar-refractivity contribution in [3.63, 3.8) is 0 Å². The first kappa shape index (κ1) is 16.0. The number of rotatable bonds is 8. The summed E-state index contributed by atoms with van der Waals surface area (Å²) in [5.41, 5.74) is 1.65. The van der Waals surface area contributed by atoms with Crippen LogP contribution in [0.1, 0.15) is 12.5 Å². The third-order valence-electron chi connectivity index (χ3n) is 2.55. The number of hydrogen-bond acceptors (Lipinski definition) is 5. The SMILES string of the molecule is COCCNC(=O)COc1ccc(C/C(C)=N/O)cc1. The van der Waals surface area contributed by atoms with Crippen molar-refractivity contribution in [3.05, 3.63) is 29.8 Å².